The number of hydrogen-bond donors (Lipinski definition) is 3. The van der Waals surface area contributed by atoms with E-state index in [4.69, 9.17) is 22.1 Å². The van der Waals surface area contributed by atoms with E-state index in [-0.39, 0.29) is 16.8 Å². The Kier molecular flexibility index (Phi) is 5.92. The van der Waals surface area contributed by atoms with Gasteiger partial charge in [0.25, 0.3) is 0 Å². The number of nitrogens with two attached hydrogens (primary N) is 1. The van der Waals surface area contributed by atoms with E-state index in [2.05, 4.69) is 26.0 Å². The molecule has 4 N–H and O–H groups in total. The number of anilines is 1. The summed E-state index contributed by atoms with van der Waals surface area (Å²) in [6.07, 6.45) is 0.856. The van der Waals surface area contributed by atoms with Crippen LogP contribution in [0.5, 0.6) is 5.75 Å². The fourth-order valence-corrected chi connectivity index (χ4v) is 4.82. The second-order valence-electron chi connectivity index (χ2n) is 8.58. The molecule has 0 radical (unpaired) electrons. The number of aliphatic hydroxyl groups excluding tert-OH is 1. The molecular formula is C22H26ClN7O3. The predicted molar refractivity (Wildman–Crippen MR) is 123 cm³/mol. The minimum atomic E-state index is -1.73. The number of rotatable bonds is 6. The molecule has 1 saturated heterocycles. The lowest BCUT2D eigenvalue weighted by Crippen LogP contribution is -2.48. The first-order chi connectivity index (χ1) is 15.6. The summed E-state index contributed by atoms with van der Waals surface area (Å²) in [5, 5.41) is 36.5. The molecule has 0 aliphatic carbocycles. The molecule has 3 heterocycles. The Morgan fingerprint density at radius 1 is 1.42 bits per heavy atom. The Hall–Kier alpha value is -2.97. The van der Waals surface area contributed by atoms with Crippen LogP contribution in [0.4, 0.5) is 5.82 Å². The first-order valence-electron chi connectivity index (χ1n) is 10.5. The molecule has 0 unspecified atom stereocenters. The highest BCUT2D eigenvalue weighted by Crippen LogP contribution is 2.45. The van der Waals surface area contributed by atoms with Gasteiger partial charge in [0.2, 0.25) is 0 Å². The molecule has 3 aromatic rings. The van der Waals surface area contributed by atoms with Crippen LogP contribution in [0.25, 0.3) is 11.0 Å². The van der Waals surface area contributed by atoms with E-state index in [1.165, 1.54) is 24.2 Å². The third-order valence-electron chi connectivity index (χ3n) is 6.06. The number of halogens is 1. The average molecular weight is 472 g/mol. The lowest BCUT2D eigenvalue weighted by Gasteiger charge is -2.41. The maximum atomic E-state index is 11.8. The van der Waals surface area contributed by atoms with Gasteiger partial charge in [0.15, 0.2) is 11.4 Å². The number of hydrogen-bond acceptors (Lipinski definition) is 9. The van der Waals surface area contributed by atoms with Crippen LogP contribution < -0.4 is 10.5 Å². The van der Waals surface area contributed by atoms with Gasteiger partial charge in [-0.3, -0.25) is 4.90 Å². The zero-order valence-electron chi connectivity index (χ0n) is 18.9. The van der Waals surface area contributed by atoms with Gasteiger partial charge in [-0.2, -0.15) is 10.4 Å². The maximum absolute atomic E-state index is 11.8. The number of benzene rings is 1. The number of aryl methyl sites for hydroxylation is 1. The minimum absolute atomic E-state index is 0.0457. The van der Waals surface area contributed by atoms with E-state index in [1.54, 1.807) is 20.8 Å². The Morgan fingerprint density at radius 2 is 2.12 bits per heavy atom. The standard InChI is InChI=1S/C22H26ClN7O3/c1-11(31)7-29-8-13(9-29)18-14(6-24)16(23)5-15(19(18)33-4)22(3,32)30-21-17(12(2)28-30)20(25)26-10-27-21/h5,10-11,13,31-32H,7-9H2,1-4H3,(H2,25,26,27)/t11-,22-/m1/s1. The number of likely N-dealkylation sites (tertiary alicyclic amines) is 1. The fourth-order valence-electron chi connectivity index (χ4n) is 4.56. The van der Waals surface area contributed by atoms with Crippen LogP contribution >= 0.6 is 11.6 Å². The Bertz CT molecular complexity index is 1260. The average Bonchev–Trinajstić information content (AvgIpc) is 3.08. The van der Waals surface area contributed by atoms with Gasteiger partial charge in [-0.25, -0.2) is 14.6 Å². The van der Waals surface area contributed by atoms with Gasteiger partial charge in [0, 0.05) is 36.7 Å². The highest BCUT2D eigenvalue weighted by Gasteiger charge is 2.40. The molecule has 0 spiro atoms. The lowest BCUT2D eigenvalue weighted by molar-refractivity contribution is 0.0139. The van der Waals surface area contributed by atoms with Crippen molar-refractivity contribution in [2.45, 2.75) is 38.5 Å². The van der Waals surface area contributed by atoms with Crippen LogP contribution in [0.15, 0.2) is 12.4 Å². The first-order valence-corrected chi connectivity index (χ1v) is 10.9. The van der Waals surface area contributed by atoms with Crippen molar-refractivity contribution in [3.05, 3.63) is 39.8 Å². The summed E-state index contributed by atoms with van der Waals surface area (Å²) < 4.78 is 7.12. The third-order valence-corrected chi connectivity index (χ3v) is 6.36. The van der Waals surface area contributed by atoms with Gasteiger partial charge in [0.05, 0.1) is 34.9 Å². The molecule has 1 aliphatic rings. The monoisotopic (exact) mass is 471 g/mol. The van der Waals surface area contributed by atoms with Crippen molar-refractivity contribution >= 4 is 28.5 Å². The molecule has 2 atom stereocenters. The second kappa shape index (κ2) is 8.43. The van der Waals surface area contributed by atoms with Gasteiger partial charge < -0.3 is 20.7 Å². The van der Waals surface area contributed by atoms with E-state index in [0.29, 0.717) is 58.8 Å². The molecule has 10 nitrogen and oxygen atoms in total. The molecule has 174 valence electrons. The van der Waals surface area contributed by atoms with Crippen LogP contribution in [0.3, 0.4) is 0 Å². The normalized spacial score (nSPS) is 17.4. The van der Waals surface area contributed by atoms with E-state index in [0.717, 1.165) is 0 Å². The largest absolute Gasteiger partial charge is 0.496 e. The Labute approximate surface area is 196 Å². The quantitative estimate of drug-likeness (QED) is 0.489. The molecule has 0 saturated carbocycles. The highest BCUT2D eigenvalue weighted by atomic mass is 35.5. The van der Waals surface area contributed by atoms with Gasteiger partial charge in [0.1, 0.15) is 24.0 Å². The third kappa shape index (κ3) is 3.77. The number of nitriles is 1. The molecule has 0 bridgehead atoms. The zero-order valence-corrected chi connectivity index (χ0v) is 19.6. The van der Waals surface area contributed by atoms with Gasteiger partial charge in [-0.15, -0.1) is 0 Å². The summed E-state index contributed by atoms with van der Waals surface area (Å²) in [5.74, 6) is 0.583. The number of aliphatic hydroxyl groups is 2. The summed E-state index contributed by atoms with van der Waals surface area (Å²) in [6.45, 7) is 6.84. The first kappa shape index (κ1) is 23.2. The number of methoxy groups -OCH3 is 1. The van der Waals surface area contributed by atoms with Crippen LogP contribution in [0, 0.1) is 18.3 Å². The molecule has 4 rings (SSSR count). The predicted octanol–water partition coefficient (Wildman–Crippen LogP) is 1.74. The van der Waals surface area contributed by atoms with Crippen LogP contribution in [0.1, 0.15) is 42.1 Å². The minimum Gasteiger partial charge on any atom is -0.496 e. The van der Waals surface area contributed by atoms with Crippen LogP contribution in [-0.4, -0.2) is 67.7 Å². The van der Waals surface area contributed by atoms with E-state index < -0.39 is 11.8 Å². The Morgan fingerprint density at radius 3 is 2.73 bits per heavy atom. The van der Waals surface area contributed by atoms with Crippen molar-refractivity contribution in [1.82, 2.24) is 24.6 Å². The molecule has 2 aromatic heterocycles. The zero-order chi connectivity index (χ0) is 24.1. The smallest absolute Gasteiger partial charge is 0.187 e. The van der Waals surface area contributed by atoms with Crippen molar-refractivity contribution in [2.24, 2.45) is 0 Å². The fraction of sp³-hybridized carbons (Fsp3) is 0.455. The second-order valence-corrected chi connectivity index (χ2v) is 8.99. The van der Waals surface area contributed by atoms with Crippen molar-refractivity contribution in [2.75, 3.05) is 32.5 Å². The lowest BCUT2D eigenvalue weighted by atomic mass is 9.84. The van der Waals surface area contributed by atoms with Crippen LogP contribution in [-0.2, 0) is 5.72 Å². The molecule has 1 fully saturated rings. The number of nitrogen functional groups attached to an aromatic ring is 1. The molecule has 1 aromatic carbocycles. The Balaban J connectivity index is 1.88. The molecule has 11 heteroatoms. The molecule has 1 aliphatic heterocycles. The number of β-amino-alcohol motifs (C(OH)–C–C–N with tert-alkyl or cyclic N) is 1. The highest BCUT2D eigenvalue weighted by molar-refractivity contribution is 6.32. The summed E-state index contributed by atoms with van der Waals surface area (Å²) in [7, 11) is 1.49. The number of aromatic nitrogens is 4. The van der Waals surface area contributed by atoms with Crippen molar-refractivity contribution in [3.8, 4) is 11.8 Å². The number of nitrogens with zero attached hydrogens (tertiary/aromatic N) is 6. The molecular weight excluding hydrogens is 446 g/mol. The van der Waals surface area contributed by atoms with Crippen molar-refractivity contribution in [1.29, 1.82) is 5.26 Å². The van der Waals surface area contributed by atoms with Gasteiger partial charge in [-0.1, -0.05) is 11.6 Å². The molecule has 0 amide bonds. The summed E-state index contributed by atoms with van der Waals surface area (Å²) in [6, 6.07) is 3.71. The van der Waals surface area contributed by atoms with Crippen LogP contribution in [0.2, 0.25) is 5.02 Å². The van der Waals surface area contributed by atoms with Gasteiger partial charge >= 0.3 is 0 Å². The van der Waals surface area contributed by atoms with Gasteiger partial charge in [-0.05, 0) is 26.8 Å². The summed E-state index contributed by atoms with van der Waals surface area (Å²) in [5.41, 5.74) is 6.50. The van der Waals surface area contributed by atoms with E-state index >= 15 is 0 Å². The summed E-state index contributed by atoms with van der Waals surface area (Å²) in [4.78, 5) is 10.4. The van der Waals surface area contributed by atoms with Crippen molar-refractivity contribution in [3.63, 3.8) is 0 Å². The van der Waals surface area contributed by atoms with E-state index in [1.807, 2.05) is 0 Å². The molecule has 33 heavy (non-hydrogen) atoms. The number of ether oxygens (including phenoxy) is 1. The van der Waals surface area contributed by atoms with Crippen molar-refractivity contribution < 1.29 is 14.9 Å². The van der Waals surface area contributed by atoms with E-state index in [9.17, 15) is 15.5 Å². The summed E-state index contributed by atoms with van der Waals surface area (Å²) >= 11 is 6.53. The SMILES string of the molecule is COc1c([C@@](C)(O)n2nc(C)c3c(N)ncnc32)cc(Cl)c(C#N)c1C1CN(C[C@@H](C)O)C1. The maximum Gasteiger partial charge on any atom is 0.187 e. The number of fused-ring (bicyclic) bond motifs is 1. The topological polar surface area (TPSA) is 146 Å².